The maximum Gasteiger partial charge on any atom is 0.0976 e. The Morgan fingerprint density at radius 2 is 2.45 bits per heavy atom. The van der Waals surface area contributed by atoms with Crippen LogP contribution in [0.3, 0.4) is 0 Å². The van der Waals surface area contributed by atoms with Crippen molar-refractivity contribution >= 4 is 22.9 Å². The molecule has 1 heterocycles. The van der Waals surface area contributed by atoms with E-state index < -0.39 is 0 Å². The van der Waals surface area contributed by atoms with Crippen molar-refractivity contribution in [1.82, 2.24) is 5.32 Å². The smallest absolute Gasteiger partial charge is 0.0976 e. The molecule has 1 rings (SSSR count). The highest BCUT2D eigenvalue weighted by Crippen LogP contribution is 2.27. The Labute approximate surface area is 76.4 Å². The van der Waals surface area contributed by atoms with Gasteiger partial charge in [-0.05, 0) is 30.5 Å². The van der Waals surface area contributed by atoms with Gasteiger partial charge < -0.3 is 5.32 Å². The first-order valence-corrected chi connectivity index (χ1v) is 4.97. The largest absolute Gasteiger partial charge is 0.310 e. The standard InChI is InChI=1S/C8H12ClNS/c1-3-10-6(2)7-4-5-11-8(7)9/h4-6,10H,3H2,1-2H3. The maximum atomic E-state index is 5.95. The van der Waals surface area contributed by atoms with Crippen molar-refractivity contribution in [2.45, 2.75) is 19.9 Å². The van der Waals surface area contributed by atoms with E-state index in [0.717, 1.165) is 10.9 Å². The zero-order valence-electron chi connectivity index (χ0n) is 6.73. The van der Waals surface area contributed by atoms with Gasteiger partial charge in [-0.1, -0.05) is 18.5 Å². The average Bonchev–Trinajstić information content (AvgIpc) is 2.36. The van der Waals surface area contributed by atoms with E-state index in [0.29, 0.717) is 6.04 Å². The van der Waals surface area contributed by atoms with Crippen molar-refractivity contribution in [1.29, 1.82) is 0 Å². The number of rotatable bonds is 3. The van der Waals surface area contributed by atoms with Gasteiger partial charge >= 0.3 is 0 Å². The highest BCUT2D eigenvalue weighted by atomic mass is 35.5. The number of nitrogens with one attached hydrogen (secondary N) is 1. The van der Waals surface area contributed by atoms with Crippen LogP contribution in [-0.4, -0.2) is 6.54 Å². The molecule has 1 aromatic rings. The Balaban J connectivity index is 2.67. The van der Waals surface area contributed by atoms with Crippen LogP contribution in [0.4, 0.5) is 0 Å². The molecule has 1 nitrogen and oxygen atoms in total. The lowest BCUT2D eigenvalue weighted by atomic mass is 10.2. The zero-order valence-corrected chi connectivity index (χ0v) is 8.30. The van der Waals surface area contributed by atoms with E-state index >= 15 is 0 Å². The van der Waals surface area contributed by atoms with Crippen LogP contribution in [0.1, 0.15) is 25.5 Å². The molecule has 0 amide bonds. The van der Waals surface area contributed by atoms with Gasteiger partial charge in [0.05, 0.1) is 4.34 Å². The van der Waals surface area contributed by atoms with Crippen LogP contribution >= 0.6 is 22.9 Å². The molecule has 1 aromatic heterocycles. The second-order valence-electron chi connectivity index (χ2n) is 2.43. The van der Waals surface area contributed by atoms with Crippen molar-refractivity contribution in [3.05, 3.63) is 21.3 Å². The predicted octanol–water partition coefficient (Wildman–Crippen LogP) is 3.07. The lowest BCUT2D eigenvalue weighted by Gasteiger charge is -2.10. The molecule has 3 heteroatoms. The summed E-state index contributed by atoms with van der Waals surface area (Å²) in [5, 5.41) is 5.33. The van der Waals surface area contributed by atoms with E-state index in [2.05, 4.69) is 25.2 Å². The monoisotopic (exact) mass is 189 g/mol. The summed E-state index contributed by atoms with van der Waals surface area (Å²) in [6.07, 6.45) is 0. The minimum Gasteiger partial charge on any atom is -0.310 e. The molecule has 0 radical (unpaired) electrons. The summed E-state index contributed by atoms with van der Waals surface area (Å²) < 4.78 is 0.901. The molecule has 0 saturated heterocycles. The Bertz CT molecular complexity index is 222. The molecular formula is C8H12ClNS. The Hall–Kier alpha value is -0.0500. The zero-order chi connectivity index (χ0) is 8.27. The highest BCUT2D eigenvalue weighted by Gasteiger charge is 2.07. The molecule has 0 bridgehead atoms. The molecular weight excluding hydrogens is 178 g/mol. The summed E-state index contributed by atoms with van der Waals surface area (Å²) in [5.41, 5.74) is 1.21. The van der Waals surface area contributed by atoms with E-state index in [1.807, 2.05) is 5.38 Å². The minimum atomic E-state index is 0.374. The molecule has 0 aliphatic heterocycles. The third-order valence-corrected chi connectivity index (χ3v) is 2.82. The summed E-state index contributed by atoms with van der Waals surface area (Å²) >= 11 is 7.53. The van der Waals surface area contributed by atoms with Crippen LogP contribution in [0.5, 0.6) is 0 Å². The molecule has 62 valence electrons. The van der Waals surface area contributed by atoms with Gasteiger partial charge in [0.25, 0.3) is 0 Å². The first-order chi connectivity index (χ1) is 5.25. The molecule has 0 fully saturated rings. The van der Waals surface area contributed by atoms with Crippen LogP contribution in [-0.2, 0) is 0 Å². The number of thiophene rings is 1. The van der Waals surface area contributed by atoms with Gasteiger partial charge in [-0.25, -0.2) is 0 Å². The molecule has 1 N–H and O–H groups in total. The van der Waals surface area contributed by atoms with Crippen LogP contribution in [0.15, 0.2) is 11.4 Å². The highest BCUT2D eigenvalue weighted by molar-refractivity contribution is 7.14. The lowest BCUT2D eigenvalue weighted by Crippen LogP contribution is -2.17. The van der Waals surface area contributed by atoms with Crippen molar-refractivity contribution in [2.24, 2.45) is 0 Å². The molecule has 1 unspecified atom stereocenters. The maximum absolute atomic E-state index is 5.95. The van der Waals surface area contributed by atoms with E-state index in [9.17, 15) is 0 Å². The molecule has 1 atom stereocenters. The van der Waals surface area contributed by atoms with Gasteiger partial charge in [-0.3, -0.25) is 0 Å². The van der Waals surface area contributed by atoms with Crippen LogP contribution in [0.25, 0.3) is 0 Å². The van der Waals surface area contributed by atoms with Crippen LogP contribution < -0.4 is 5.32 Å². The van der Waals surface area contributed by atoms with E-state index in [-0.39, 0.29) is 0 Å². The molecule has 0 spiro atoms. The number of hydrogen-bond acceptors (Lipinski definition) is 2. The van der Waals surface area contributed by atoms with Crippen LogP contribution in [0.2, 0.25) is 4.34 Å². The SMILES string of the molecule is CCNC(C)c1ccsc1Cl. The fourth-order valence-corrected chi connectivity index (χ4v) is 2.13. The second-order valence-corrected chi connectivity index (χ2v) is 3.95. The summed E-state index contributed by atoms with van der Waals surface area (Å²) in [7, 11) is 0. The van der Waals surface area contributed by atoms with Crippen molar-refractivity contribution < 1.29 is 0 Å². The molecule has 0 aliphatic carbocycles. The third-order valence-electron chi connectivity index (χ3n) is 1.62. The van der Waals surface area contributed by atoms with E-state index in [4.69, 9.17) is 11.6 Å². The normalized spacial score (nSPS) is 13.4. The molecule has 0 saturated carbocycles. The van der Waals surface area contributed by atoms with Crippen LogP contribution in [0, 0.1) is 0 Å². The van der Waals surface area contributed by atoms with Gasteiger partial charge in [0.2, 0.25) is 0 Å². The van der Waals surface area contributed by atoms with Gasteiger partial charge in [-0.2, -0.15) is 0 Å². The summed E-state index contributed by atoms with van der Waals surface area (Å²) in [5.74, 6) is 0. The Kier molecular flexibility index (Phi) is 3.37. The predicted molar refractivity (Wildman–Crippen MR) is 51.4 cm³/mol. The molecule has 11 heavy (non-hydrogen) atoms. The van der Waals surface area contributed by atoms with E-state index in [1.54, 1.807) is 11.3 Å². The quantitative estimate of drug-likeness (QED) is 0.771. The molecule has 0 aliphatic rings. The summed E-state index contributed by atoms with van der Waals surface area (Å²) in [4.78, 5) is 0. The fourth-order valence-electron chi connectivity index (χ4n) is 1.03. The van der Waals surface area contributed by atoms with Gasteiger partial charge in [0, 0.05) is 6.04 Å². The van der Waals surface area contributed by atoms with Crippen molar-refractivity contribution in [3.63, 3.8) is 0 Å². The number of hydrogen-bond donors (Lipinski definition) is 1. The molecule has 0 aromatic carbocycles. The van der Waals surface area contributed by atoms with Gasteiger partial charge in [-0.15, -0.1) is 11.3 Å². The topological polar surface area (TPSA) is 12.0 Å². The Morgan fingerprint density at radius 3 is 2.91 bits per heavy atom. The van der Waals surface area contributed by atoms with Crippen molar-refractivity contribution in [3.8, 4) is 0 Å². The summed E-state index contributed by atoms with van der Waals surface area (Å²) in [6.45, 7) is 5.20. The second kappa shape index (κ2) is 4.10. The summed E-state index contributed by atoms with van der Waals surface area (Å²) in [6, 6.07) is 2.44. The number of halogens is 1. The van der Waals surface area contributed by atoms with Crippen molar-refractivity contribution in [2.75, 3.05) is 6.54 Å². The lowest BCUT2D eigenvalue weighted by molar-refractivity contribution is 0.600. The average molecular weight is 190 g/mol. The minimum absolute atomic E-state index is 0.374. The third kappa shape index (κ3) is 2.19. The Morgan fingerprint density at radius 1 is 1.73 bits per heavy atom. The first kappa shape index (κ1) is 9.04. The fraction of sp³-hybridized carbons (Fsp3) is 0.500. The van der Waals surface area contributed by atoms with Gasteiger partial charge in [0.1, 0.15) is 0 Å². The van der Waals surface area contributed by atoms with Gasteiger partial charge in [0.15, 0.2) is 0 Å². The van der Waals surface area contributed by atoms with E-state index in [1.165, 1.54) is 5.56 Å². The first-order valence-electron chi connectivity index (χ1n) is 3.72.